The summed E-state index contributed by atoms with van der Waals surface area (Å²) in [5, 5.41) is 0. The Balaban J connectivity index is 1.91. The largest absolute Gasteiger partial charge is 0.497 e. The van der Waals surface area contributed by atoms with Crippen LogP contribution in [0.15, 0.2) is 48.5 Å². The van der Waals surface area contributed by atoms with Crippen LogP contribution in [0.3, 0.4) is 0 Å². The molecule has 3 rings (SSSR count). The number of methoxy groups -OCH3 is 1. The van der Waals surface area contributed by atoms with Crippen LogP contribution in [0, 0.1) is 12.7 Å². The summed E-state index contributed by atoms with van der Waals surface area (Å²) >= 11 is 0. The zero-order valence-electron chi connectivity index (χ0n) is 15.0. The molecule has 0 spiro atoms. The van der Waals surface area contributed by atoms with Crippen molar-refractivity contribution in [1.82, 2.24) is 4.98 Å². The Bertz CT molecular complexity index is 945. The molecule has 0 aliphatic rings. The zero-order valence-corrected chi connectivity index (χ0v) is 15.0. The van der Waals surface area contributed by atoms with Crippen molar-refractivity contribution in [3.8, 4) is 5.75 Å². The average Bonchev–Trinajstić information content (AvgIpc) is 3.02. The summed E-state index contributed by atoms with van der Waals surface area (Å²) in [6.07, 6.45) is 0. The molecule has 134 valence electrons. The second kappa shape index (κ2) is 7.04. The number of aromatic nitrogens is 1. The number of aromatic amines is 1. The Morgan fingerprint density at radius 3 is 2.46 bits per heavy atom. The van der Waals surface area contributed by atoms with E-state index >= 15 is 0 Å². The van der Waals surface area contributed by atoms with Crippen molar-refractivity contribution in [2.75, 3.05) is 12.8 Å². The van der Waals surface area contributed by atoms with E-state index in [1.807, 2.05) is 19.9 Å². The van der Waals surface area contributed by atoms with E-state index in [0.29, 0.717) is 28.3 Å². The third kappa shape index (κ3) is 3.33. The van der Waals surface area contributed by atoms with Gasteiger partial charge in [-0.2, -0.15) is 0 Å². The third-order valence-corrected chi connectivity index (χ3v) is 4.57. The van der Waals surface area contributed by atoms with Gasteiger partial charge in [-0.25, -0.2) is 4.39 Å². The molecule has 0 bridgehead atoms. The first-order valence-electron chi connectivity index (χ1n) is 8.34. The quantitative estimate of drug-likeness (QED) is 0.527. The number of rotatable bonds is 5. The molecule has 2 aromatic carbocycles. The van der Waals surface area contributed by atoms with Crippen molar-refractivity contribution in [3.05, 3.63) is 82.4 Å². The topological polar surface area (TPSA) is 68.1 Å². The van der Waals surface area contributed by atoms with Gasteiger partial charge >= 0.3 is 0 Å². The van der Waals surface area contributed by atoms with Crippen LogP contribution in [0.5, 0.6) is 5.75 Å². The highest BCUT2D eigenvalue weighted by atomic mass is 19.1. The summed E-state index contributed by atoms with van der Waals surface area (Å²) < 4.78 is 19.3. The van der Waals surface area contributed by atoms with Gasteiger partial charge in [-0.3, -0.25) is 4.79 Å². The molecule has 4 nitrogen and oxygen atoms in total. The Morgan fingerprint density at radius 2 is 1.85 bits per heavy atom. The second-order valence-electron chi connectivity index (χ2n) is 6.34. The number of nitrogen functional groups attached to an aromatic ring is 1. The molecular weight excluding hydrogens is 331 g/mol. The number of hydrogen-bond acceptors (Lipinski definition) is 3. The number of ketones is 1. The number of carbonyl (C=O) groups excluding carboxylic acids is 1. The first-order chi connectivity index (χ1) is 12.4. The maximum atomic E-state index is 14.2. The molecule has 5 heteroatoms. The Labute approximate surface area is 151 Å². The first-order valence-corrected chi connectivity index (χ1v) is 8.34. The highest BCUT2D eigenvalue weighted by Crippen LogP contribution is 2.29. The van der Waals surface area contributed by atoms with Gasteiger partial charge in [-0.05, 0) is 60.5 Å². The SMILES string of the molecule is COc1ccc(C(=O)c2[nH]c(C(C)c3ccc(N)cc3F)cc2C)cc1. The van der Waals surface area contributed by atoms with Crippen LogP contribution in [0.4, 0.5) is 10.1 Å². The average molecular weight is 352 g/mol. The minimum atomic E-state index is -0.354. The minimum absolute atomic E-state index is 0.110. The van der Waals surface area contributed by atoms with Gasteiger partial charge in [0.25, 0.3) is 0 Å². The van der Waals surface area contributed by atoms with Crippen LogP contribution in [0.1, 0.15) is 45.7 Å². The van der Waals surface area contributed by atoms with Gasteiger partial charge in [0.2, 0.25) is 5.78 Å². The predicted molar refractivity (Wildman–Crippen MR) is 100 cm³/mol. The molecule has 1 unspecified atom stereocenters. The molecule has 0 aliphatic carbocycles. The van der Waals surface area contributed by atoms with Crippen LogP contribution in [-0.4, -0.2) is 17.9 Å². The molecule has 0 saturated heterocycles. The monoisotopic (exact) mass is 352 g/mol. The molecule has 0 radical (unpaired) electrons. The number of hydrogen-bond donors (Lipinski definition) is 2. The molecule has 3 N–H and O–H groups in total. The van der Waals surface area contributed by atoms with Gasteiger partial charge in [0.05, 0.1) is 12.8 Å². The molecule has 1 aromatic heterocycles. The van der Waals surface area contributed by atoms with E-state index in [9.17, 15) is 9.18 Å². The molecule has 1 atom stereocenters. The van der Waals surface area contributed by atoms with Crippen LogP contribution < -0.4 is 10.5 Å². The standard InChI is InChI=1S/C21H21FN2O2/c1-12-10-19(13(2)17-9-6-15(23)11-18(17)22)24-20(12)21(25)14-4-7-16(26-3)8-5-14/h4-11,13,24H,23H2,1-3H3. The second-order valence-corrected chi connectivity index (χ2v) is 6.34. The van der Waals surface area contributed by atoms with E-state index in [-0.39, 0.29) is 17.5 Å². The Hall–Kier alpha value is -3.08. The normalized spacial score (nSPS) is 12.0. The van der Waals surface area contributed by atoms with Crippen LogP contribution in [0.25, 0.3) is 0 Å². The molecule has 0 saturated carbocycles. The molecule has 3 aromatic rings. The van der Waals surface area contributed by atoms with Crippen molar-refractivity contribution < 1.29 is 13.9 Å². The number of carbonyl (C=O) groups is 1. The molecule has 0 fully saturated rings. The van der Waals surface area contributed by atoms with Crippen LogP contribution in [-0.2, 0) is 0 Å². The number of benzene rings is 2. The number of nitrogens with one attached hydrogen (secondary N) is 1. The lowest BCUT2D eigenvalue weighted by atomic mass is 9.97. The minimum Gasteiger partial charge on any atom is -0.497 e. The van der Waals surface area contributed by atoms with E-state index in [4.69, 9.17) is 10.5 Å². The Morgan fingerprint density at radius 1 is 1.15 bits per heavy atom. The van der Waals surface area contributed by atoms with E-state index in [1.165, 1.54) is 6.07 Å². The number of anilines is 1. The number of aryl methyl sites for hydroxylation is 1. The highest BCUT2D eigenvalue weighted by molar-refractivity contribution is 6.08. The van der Waals surface area contributed by atoms with Crippen LogP contribution in [0.2, 0.25) is 0 Å². The van der Waals surface area contributed by atoms with Crippen molar-refractivity contribution in [2.24, 2.45) is 0 Å². The van der Waals surface area contributed by atoms with Gasteiger partial charge in [-0.1, -0.05) is 13.0 Å². The summed E-state index contributed by atoms with van der Waals surface area (Å²) in [6.45, 7) is 3.75. The van der Waals surface area contributed by atoms with Gasteiger partial charge in [-0.15, -0.1) is 0 Å². The van der Waals surface area contributed by atoms with E-state index in [2.05, 4.69) is 4.98 Å². The van der Waals surface area contributed by atoms with Crippen molar-refractivity contribution in [3.63, 3.8) is 0 Å². The number of H-pyrrole nitrogens is 1. The third-order valence-electron chi connectivity index (χ3n) is 4.57. The lowest BCUT2D eigenvalue weighted by molar-refractivity contribution is 0.103. The molecule has 0 aliphatic heterocycles. The van der Waals surface area contributed by atoms with Gasteiger partial charge in [0.15, 0.2) is 0 Å². The fraction of sp³-hybridized carbons (Fsp3) is 0.190. The Kier molecular flexibility index (Phi) is 4.80. The number of ether oxygens (including phenoxy) is 1. The molecule has 1 heterocycles. The molecular formula is C21H21FN2O2. The summed E-state index contributed by atoms with van der Waals surface area (Å²) in [5.41, 5.74) is 9.21. The lowest BCUT2D eigenvalue weighted by Crippen LogP contribution is -2.05. The van der Waals surface area contributed by atoms with E-state index in [0.717, 1.165) is 11.3 Å². The van der Waals surface area contributed by atoms with Gasteiger partial charge in [0.1, 0.15) is 11.6 Å². The summed E-state index contributed by atoms with van der Waals surface area (Å²) in [6, 6.07) is 13.5. The fourth-order valence-electron chi connectivity index (χ4n) is 3.00. The summed E-state index contributed by atoms with van der Waals surface area (Å²) in [5.74, 6) is -0.00113. The smallest absolute Gasteiger partial charge is 0.209 e. The van der Waals surface area contributed by atoms with Crippen molar-refractivity contribution >= 4 is 11.5 Å². The lowest BCUT2D eigenvalue weighted by Gasteiger charge is -2.12. The van der Waals surface area contributed by atoms with Gasteiger partial charge < -0.3 is 15.5 Å². The van der Waals surface area contributed by atoms with E-state index in [1.54, 1.807) is 43.5 Å². The summed E-state index contributed by atoms with van der Waals surface area (Å²) in [4.78, 5) is 16.0. The molecule has 0 amide bonds. The van der Waals surface area contributed by atoms with Crippen molar-refractivity contribution in [1.29, 1.82) is 0 Å². The maximum absolute atomic E-state index is 14.2. The highest BCUT2D eigenvalue weighted by Gasteiger charge is 2.20. The van der Waals surface area contributed by atoms with E-state index < -0.39 is 0 Å². The predicted octanol–water partition coefficient (Wildman–Crippen LogP) is 4.44. The number of halogens is 1. The maximum Gasteiger partial charge on any atom is 0.209 e. The molecule has 26 heavy (non-hydrogen) atoms. The number of nitrogens with two attached hydrogens (primary N) is 1. The summed E-state index contributed by atoms with van der Waals surface area (Å²) in [7, 11) is 1.58. The van der Waals surface area contributed by atoms with Crippen LogP contribution >= 0.6 is 0 Å². The van der Waals surface area contributed by atoms with Gasteiger partial charge in [0, 0.05) is 22.9 Å². The van der Waals surface area contributed by atoms with Crippen molar-refractivity contribution in [2.45, 2.75) is 19.8 Å². The first kappa shape index (κ1) is 17.7. The fourth-order valence-corrected chi connectivity index (χ4v) is 3.00. The zero-order chi connectivity index (χ0) is 18.8.